The average Bonchev–Trinajstić information content (AvgIpc) is 3.58. The van der Waals surface area contributed by atoms with Crippen LogP contribution in [0.25, 0.3) is 17.0 Å². The third-order valence-corrected chi connectivity index (χ3v) is 7.25. The number of thioether (sulfide) groups is 1. The highest BCUT2D eigenvalue weighted by molar-refractivity contribution is 8.18. The molecular formula is C28H24ClF3N6O4S. The molecule has 1 fully saturated rings. The van der Waals surface area contributed by atoms with Crippen molar-refractivity contribution in [3.8, 4) is 0 Å². The van der Waals surface area contributed by atoms with Crippen molar-refractivity contribution in [2.45, 2.75) is 45.6 Å². The summed E-state index contributed by atoms with van der Waals surface area (Å²) < 4.78 is 47.3. The Bertz CT molecular complexity index is 1780. The number of ether oxygens (including phenoxy) is 1. The molecule has 3 amide bonds. The Kier molecular flexibility index (Phi) is 8.01. The molecule has 0 bridgehead atoms. The van der Waals surface area contributed by atoms with Gasteiger partial charge in [0.1, 0.15) is 5.60 Å². The number of aromatic amines is 1. The zero-order valence-corrected chi connectivity index (χ0v) is 24.5. The molecular weight excluding hydrogens is 609 g/mol. The standard InChI is InChI=1S/C28H24ClF3N6O4S/c1-27(2,3)42-25(40)36-24-33-12-19(35-24)14-37-23(39)22(43-26(37)41)9-15-4-7-21-17(8-15)11-34-38(21)13-16-5-6-18(29)10-20(16)28(30,31)32/h4-12H,13-14H2,1-3H3,(H2,33,35,36,40)/b22-9-. The molecule has 0 saturated carbocycles. The van der Waals surface area contributed by atoms with Gasteiger partial charge in [0.2, 0.25) is 5.95 Å². The van der Waals surface area contributed by atoms with Crippen LogP contribution in [0.4, 0.5) is 28.7 Å². The Labute approximate surface area is 252 Å². The third-order valence-electron chi connectivity index (χ3n) is 6.11. The molecule has 1 aliphatic heterocycles. The zero-order chi connectivity index (χ0) is 31.1. The molecule has 2 aromatic carbocycles. The number of imide groups is 1. The van der Waals surface area contributed by atoms with Crippen LogP contribution in [0.1, 0.15) is 43.2 Å². The number of carbonyl (C=O) groups excluding carboxylic acids is 3. The molecule has 1 saturated heterocycles. The molecule has 4 aromatic rings. The first-order chi connectivity index (χ1) is 20.2. The van der Waals surface area contributed by atoms with Gasteiger partial charge in [0, 0.05) is 10.4 Å². The van der Waals surface area contributed by atoms with Gasteiger partial charge in [-0.15, -0.1) is 0 Å². The molecule has 0 aliphatic carbocycles. The lowest BCUT2D eigenvalue weighted by Crippen LogP contribution is -2.28. The van der Waals surface area contributed by atoms with Crippen LogP contribution < -0.4 is 5.32 Å². The van der Waals surface area contributed by atoms with Crippen LogP contribution in [0.3, 0.4) is 0 Å². The molecule has 10 nitrogen and oxygen atoms in total. The van der Waals surface area contributed by atoms with E-state index in [2.05, 4.69) is 20.4 Å². The molecule has 0 spiro atoms. The Morgan fingerprint density at radius 3 is 2.60 bits per heavy atom. The fourth-order valence-electron chi connectivity index (χ4n) is 4.29. The Morgan fingerprint density at radius 2 is 1.88 bits per heavy atom. The second-order valence-corrected chi connectivity index (χ2v) is 12.0. The van der Waals surface area contributed by atoms with Crippen LogP contribution in [-0.4, -0.2) is 47.5 Å². The number of rotatable bonds is 6. The van der Waals surface area contributed by atoms with Gasteiger partial charge in [-0.25, -0.2) is 9.78 Å². The molecule has 3 heterocycles. The highest BCUT2D eigenvalue weighted by Gasteiger charge is 2.36. The van der Waals surface area contributed by atoms with E-state index in [4.69, 9.17) is 16.3 Å². The number of nitrogens with zero attached hydrogens (tertiary/aromatic N) is 4. The predicted octanol–water partition coefficient (Wildman–Crippen LogP) is 7.06. The monoisotopic (exact) mass is 632 g/mol. The van der Waals surface area contributed by atoms with Crippen LogP contribution in [-0.2, 0) is 28.8 Å². The van der Waals surface area contributed by atoms with Gasteiger partial charge in [-0.05, 0) is 74.0 Å². The van der Waals surface area contributed by atoms with Crippen LogP contribution in [0.15, 0.2) is 53.7 Å². The number of anilines is 1. The minimum absolute atomic E-state index is 0.0139. The smallest absolute Gasteiger partial charge is 0.416 e. The van der Waals surface area contributed by atoms with E-state index in [-0.39, 0.29) is 34.5 Å². The number of H-pyrrole nitrogens is 1. The summed E-state index contributed by atoms with van der Waals surface area (Å²) in [5.41, 5.74) is 0.0922. The number of amides is 3. The van der Waals surface area contributed by atoms with Crippen molar-refractivity contribution in [3.05, 3.63) is 81.1 Å². The summed E-state index contributed by atoms with van der Waals surface area (Å²) in [6, 6.07) is 8.71. The number of benzene rings is 2. The zero-order valence-electron chi connectivity index (χ0n) is 23.0. The van der Waals surface area contributed by atoms with E-state index in [1.54, 1.807) is 45.0 Å². The topological polar surface area (TPSA) is 122 Å². The molecule has 5 rings (SSSR count). The van der Waals surface area contributed by atoms with Crippen LogP contribution in [0.2, 0.25) is 5.02 Å². The van der Waals surface area contributed by atoms with Gasteiger partial charge >= 0.3 is 12.3 Å². The maximum absolute atomic E-state index is 13.5. The lowest BCUT2D eigenvalue weighted by atomic mass is 10.1. The fraction of sp³-hybridized carbons (Fsp3) is 0.250. The minimum Gasteiger partial charge on any atom is -0.444 e. The molecule has 0 unspecified atom stereocenters. The molecule has 0 atom stereocenters. The van der Waals surface area contributed by atoms with Gasteiger partial charge in [-0.2, -0.15) is 18.3 Å². The maximum Gasteiger partial charge on any atom is 0.416 e. The lowest BCUT2D eigenvalue weighted by molar-refractivity contribution is -0.138. The van der Waals surface area contributed by atoms with Crippen molar-refractivity contribution in [2.24, 2.45) is 0 Å². The number of alkyl halides is 3. The lowest BCUT2D eigenvalue weighted by Gasteiger charge is -2.18. The number of carbonyl (C=O) groups is 3. The van der Waals surface area contributed by atoms with E-state index < -0.39 is 34.6 Å². The first kappa shape index (κ1) is 30.2. The molecule has 2 aromatic heterocycles. The second-order valence-electron chi connectivity index (χ2n) is 10.6. The van der Waals surface area contributed by atoms with Gasteiger partial charge in [-0.3, -0.25) is 24.5 Å². The Hall–Kier alpha value is -4.30. The molecule has 1 aliphatic rings. The number of hydrogen-bond acceptors (Lipinski definition) is 7. The van der Waals surface area contributed by atoms with E-state index in [0.717, 1.165) is 22.7 Å². The molecule has 224 valence electrons. The number of hydrogen-bond donors (Lipinski definition) is 2. The average molecular weight is 633 g/mol. The Balaban J connectivity index is 1.29. The predicted molar refractivity (Wildman–Crippen MR) is 155 cm³/mol. The van der Waals surface area contributed by atoms with Crippen LogP contribution in [0.5, 0.6) is 0 Å². The van der Waals surface area contributed by atoms with Crippen LogP contribution >= 0.6 is 23.4 Å². The van der Waals surface area contributed by atoms with Gasteiger partial charge < -0.3 is 9.72 Å². The van der Waals surface area contributed by atoms with E-state index in [0.29, 0.717) is 22.2 Å². The molecule has 43 heavy (non-hydrogen) atoms. The van der Waals surface area contributed by atoms with Crippen molar-refractivity contribution >= 4 is 63.5 Å². The van der Waals surface area contributed by atoms with E-state index in [1.807, 2.05) is 0 Å². The molecule has 0 radical (unpaired) electrons. The third kappa shape index (κ3) is 7.03. The Morgan fingerprint density at radius 1 is 1.12 bits per heavy atom. The molecule has 2 N–H and O–H groups in total. The van der Waals surface area contributed by atoms with Gasteiger partial charge in [-0.1, -0.05) is 23.7 Å². The number of aromatic nitrogens is 4. The first-order valence-corrected chi connectivity index (χ1v) is 14.0. The quantitative estimate of drug-likeness (QED) is 0.218. The van der Waals surface area contributed by atoms with Gasteiger partial charge in [0.15, 0.2) is 0 Å². The number of imidazole rings is 1. The number of nitrogens with one attached hydrogen (secondary N) is 2. The fourth-order valence-corrected chi connectivity index (χ4v) is 5.30. The number of halogens is 4. The van der Waals surface area contributed by atoms with Crippen molar-refractivity contribution in [3.63, 3.8) is 0 Å². The summed E-state index contributed by atoms with van der Waals surface area (Å²) in [5.74, 6) is -0.407. The summed E-state index contributed by atoms with van der Waals surface area (Å²) >= 11 is 6.56. The number of fused-ring (bicyclic) bond motifs is 1. The van der Waals surface area contributed by atoms with Crippen molar-refractivity contribution in [1.82, 2.24) is 24.6 Å². The first-order valence-electron chi connectivity index (χ1n) is 12.8. The highest BCUT2D eigenvalue weighted by Crippen LogP contribution is 2.35. The normalized spacial score (nSPS) is 15.1. The van der Waals surface area contributed by atoms with Gasteiger partial charge in [0.25, 0.3) is 11.1 Å². The van der Waals surface area contributed by atoms with E-state index >= 15 is 0 Å². The summed E-state index contributed by atoms with van der Waals surface area (Å²) in [5, 5.41) is 6.85. The van der Waals surface area contributed by atoms with Gasteiger partial charge in [0.05, 0.1) is 47.2 Å². The largest absolute Gasteiger partial charge is 0.444 e. The molecule has 15 heteroatoms. The maximum atomic E-state index is 13.5. The van der Waals surface area contributed by atoms with Crippen molar-refractivity contribution in [1.29, 1.82) is 0 Å². The summed E-state index contributed by atoms with van der Waals surface area (Å²) in [6.07, 6.45) is -0.808. The highest BCUT2D eigenvalue weighted by atomic mass is 35.5. The second kappa shape index (κ2) is 11.4. The van der Waals surface area contributed by atoms with Crippen LogP contribution in [0, 0.1) is 0 Å². The van der Waals surface area contributed by atoms with Crippen molar-refractivity contribution < 1.29 is 32.3 Å². The summed E-state index contributed by atoms with van der Waals surface area (Å²) in [4.78, 5) is 45.8. The van der Waals surface area contributed by atoms with Crippen molar-refractivity contribution in [2.75, 3.05) is 5.32 Å². The summed E-state index contributed by atoms with van der Waals surface area (Å²) in [7, 11) is 0. The SMILES string of the molecule is CC(C)(C)OC(=O)Nc1ncc(CN2C(=O)S/C(=C\c3ccc4c(cnn4Cc4ccc(Cl)cc4C(F)(F)F)c3)C2=O)[nH]1. The van der Waals surface area contributed by atoms with E-state index in [1.165, 1.54) is 29.2 Å². The van der Waals surface area contributed by atoms with E-state index in [9.17, 15) is 27.6 Å². The summed E-state index contributed by atoms with van der Waals surface area (Å²) in [6.45, 7) is 4.93. The minimum atomic E-state index is -4.57.